The average molecular weight is 277 g/mol. The third-order valence-electron chi connectivity index (χ3n) is 2.33. The molecule has 0 fully saturated rings. The summed E-state index contributed by atoms with van der Waals surface area (Å²) in [7, 11) is 1.45. The van der Waals surface area contributed by atoms with Gasteiger partial charge in [-0.25, -0.2) is 0 Å². The van der Waals surface area contributed by atoms with Gasteiger partial charge in [-0.3, -0.25) is 4.79 Å². The number of benzene rings is 1. The number of methoxy groups -OCH3 is 1. The van der Waals surface area contributed by atoms with Crippen molar-refractivity contribution in [2.45, 2.75) is 18.7 Å². The van der Waals surface area contributed by atoms with E-state index in [1.54, 1.807) is 24.3 Å². The van der Waals surface area contributed by atoms with Gasteiger partial charge in [0, 0.05) is 6.54 Å². The zero-order chi connectivity index (χ0) is 14.5. The van der Waals surface area contributed by atoms with E-state index in [-0.39, 0.29) is 6.54 Å². The van der Waals surface area contributed by atoms with Crippen LogP contribution in [-0.2, 0) is 4.79 Å². The Kier molecular flexibility index (Phi) is 5.17. The topological polar surface area (TPSA) is 58.6 Å². The van der Waals surface area contributed by atoms with Crippen LogP contribution in [0.4, 0.5) is 13.2 Å². The highest BCUT2D eigenvalue weighted by Gasteiger charge is 2.31. The molecule has 0 aliphatic carbocycles. The van der Waals surface area contributed by atoms with Gasteiger partial charge in [-0.15, -0.1) is 0 Å². The predicted molar refractivity (Wildman–Crippen MR) is 61.6 cm³/mol. The van der Waals surface area contributed by atoms with Crippen molar-refractivity contribution in [1.82, 2.24) is 5.32 Å². The van der Waals surface area contributed by atoms with Crippen LogP contribution in [0.3, 0.4) is 0 Å². The maximum Gasteiger partial charge on any atom is 0.397 e. The zero-order valence-corrected chi connectivity index (χ0v) is 10.2. The Morgan fingerprint density at radius 3 is 2.74 bits per heavy atom. The van der Waals surface area contributed by atoms with Crippen LogP contribution >= 0.6 is 0 Å². The molecule has 1 atom stereocenters. The Balaban J connectivity index is 2.51. The summed E-state index contributed by atoms with van der Waals surface area (Å²) >= 11 is 0. The number of hydrogen-bond donors (Lipinski definition) is 2. The monoisotopic (exact) mass is 277 g/mol. The van der Waals surface area contributed by atoms with E-state index in [4.69, 9.17) is 4.74 Å². The van der Waals surface area contributed by atoms with Gasteiger partial charge in [0.05, 0.1) is 13.2 Å². The van der Waals surface area contributed by atoms with Crippen molar-refractivity contribution >= 4 is 5.91 Å². The number of carbonyl (C=O) groups is 1. The normalized spacial score (nSPS) is 12.9. The summed E-state index contributed by atoms with van der Waals surface area (Å²) in [6.07, 6.45) is -7.20. The Morgan fingerprint density at radius 1 is 1.47 bits per heavy atom. The first-order chi connectivity index (χ1) is 8.81. The molecule has 0 saturated heterocycles. The van der Waals surface area contributed by atoms with Crippen molar-refractivity contribution < 1.29 is 27.8 Å². The van der Waals surface area contributed by atoms with Crippen molar-refractivity contribution in [3.8, 4) is 5.75 Å². The lowest BCUT2D eigenvalue weighted by Gasteiger charge is -2.13. The minimum atomic E-state index is -4.55. The largest absolute Gasteiger partial charge is 0.497 e. The van der Waals surface area contributed by atoms with Crippen LogP contribution in [0.2, 0.25) is 0 Å². The Labute approximate surface area is 108 Å². The van der Waals surface area contributed by atoms with E-state index in [1.165, 1.54) is 7.11 Å². The van der Waals surface area contributed by atoms with Gasteiger partial charge in [0.25, 0.3) is 0 Å². The molecule has 7 heteroatoms. The van der Waals surface area contributed by atoms with Gasteiger partial charge < -0.3 is 15.2 Å². The number of hydrogen-bond acceptors (Lipinski definition) is 3. The number of alkyl halides is 3. The summed E-state index contributed by atoms with van der Waals surface area (Å²) < 4.78 is 40.7. The van der Waals surface area contributed by atoms with Gasteiger partial charge in [-0.2, -0.15) is 13.2 Å². The summed E-state index contributed by atoms with van der Waals surface area (Å²) in [6.45, 7) is -0.290. The van der Waals surface area contributed by atoms with Crippen LogP contribution in [0.1, 0.15) is 18.1 Å². The van der Waals surface area contributed by atoms with Crippen molar-refractivity contribution in [3.63, 3.8) is 0 Å². The number of aliphatic hydroxyl groups excluding tert-OH is 1. The fraction of sp³-hybridized carbons (Fsp3) is 0.417. The highest BCUT2D eigenvalue weighted by molar-refractivity contribution is 5.76. The summed E-state index contributed by atoms with van der Waals surface area (Å²) in [5.74, 6) is -0.660. The van der Waals surface area contributed by atoms with E-state index in [0.717, 1.165) is 0 Å². The molecule has 1 aromatic rings. The molecule has 19 heavy (non-hydrogen) atoms. The molecule has 0 aliphatic heterocycles. The van der Waals surface area contributed by atoms with Gasteiger partial charge in [0.2, 0.25) is 5.91 Å². The highest BCUT2D eigenvalue weighted by atomic mass is 19.4. The van der Waals surface area contributed by atoms with Crippen LogP contribution in [0.25, 0.3) is 0 Å². The van der Waals surface area contributed by atoms with Crippen LogP contribution in [0, 0.1) is 0 Å². The first-order valence-corrected chi connectivity index (χ1v) is 5.47. The fourth-order valence-electron chi connectivity index (χ4n) is 1.42. The lowest BCUT2D eigenvalue weighted by Crippen LogP contribution is -2.31. The quantitative estimate of drug-likeness (QED) is 0.862. The molecule has 0 spiro atoms. The second-order valence-electron chi connectivity index (χ2n) is 3.89. The number of amides is 1. The van der Waals surface area contributed by atoms with E-state index in [1.807, 2.05) is 5.32 Å². The number of aliphatic hydroxyl groups is 1. The number of rotatable bonds is 5. The van der Waals surface area contributed by atoms with E-state index in [2.05, 4.69) is 0 Å². The number of carbonyl (C=O) groups excluding carboxylic acids is 1. The maximum atomic E-state index is 11.9. The minimum Gasteiger partial charge on any atom is -0.497 e. The van der Waals surface area contributed by atoms with Crippen LogP contribution in [0.5, 0.6) is 5.75 Å². The SMILES string of the molecule is COc1cccc(C(O)CNC(=O)CC(F)(F)F)c1. The molecule has 1 unspecified atom stereocenters. The molecular weight excluding hydrogens is 263 g/mol. The van der Waals surface area contributed by atoms with Crippen molar-refractivity contribution in [2.75, 3.05) is 13.7 Å². The van der Waals surface area contributed by atoms with Crippen molar-refractivity contribution in [3.05, 3.63) is 29.8 Å². The molecule has 106 valence electrons. The first kappa shape index (κ1) is 15.3. The lowest BCUT2D eigenvalue weighted by atomic mass is 10.1. The molecule has 0 heterocycles. The van der Waals surface area contributed by atoms with Gasteiger partial charge >= 0.3 is 6.18 Å². The van der Waals surface area contributed by atoms with Crippen LogP contribution in [0.15, 0.2) is 24.3 Å². The summed E-state index contributed by atoms with van der Waals surface area (Å²) in [5, 5.41) is 11.8. The number of ether oxygens (including phenoxy) is 1. The van der Waals surface area contributed by atoms with Crippen molar-refractivity contribution in [2.24, 2.45) is 0 Å². The third-order valence-corrected chi connectivity index (χ3v) is 2.33. The third kappa shape index (κ3) is 5.60. The smallest absolute Gasteiger partial charge is 0.397 e. The van der Waals surface area contributed by atoms with E-state index < -0.39 is 24.6 Å². The molecule has 1 rings (SSSR count). The minimum absolute atomic E-state index is 0.290. The second-order valence-corrected chi connectivity index (χ2v) is 3.89. The summed E-state index contributed by atoms with van der Waals surface area (Å²) in [5.41, 5.74) is 0.451. The Hall–Kier alpha value is -1.76. The second kappa shape index (κ2) is 6.42. The molecular formula is C12H14F3NO3. The molecule has 0 aromatic heterocycles. The van der Waals surface area contributed by atoms with Gasteiger partial charge in [-0.1, -0.05) is 12.1 Å². The predicted octanol–water partition coefficient (Wildman–Crippen LogP) is 1.80. The average Bonchev–Trinajstić information content (AvgIpc) is 2.34. The first-order valence-electron chi connectivity index (χ1n) is 5.47. The Bertz CT molecular complexity index is 434. The number of nitrogens with one attached hydrogen (secondary N) is 1. The van der Waals surface area contributed by atoms with E-state index in [0.29, 0.717) is 11.3 Å². The molecule has 0 bridgehead atoms. The Morgan fingerprint density at radius 2 is 2.16 bits per heavy atom. The van der Waals surface area contributed by atoms with Gasteiger partial charge in [-0.05, 0) is 17.7 Å². The molecule has 0 aliphatic rings. The van der Waals surface area contributed by atoms with Gasteiger partial charge in [0.15, 0.2) is 0 Å². The molecule has 2 N–H and O–H groups in total. The van der Waals surface area contributed by atoms with E-state index >= 15 is 0 Å². The van der Waals surface area contributed by atoms with Crippen LogP contribution < -0.4 is 10.1 Å². The molecule has 4 nitrogen and oxygen atoms in total. The molecule has 1 amide bonds. The maximum absolute atomic E-state index is 11.9. The summed E-state index contributed by atoms with van der Waals surface area (Å²) in [6, 6.07) is 6.43. The number of halogens is 3. The lowest BCUT2D eigenvalue weighted by molar-refractivity contribution is -0.154. The summed E-state index contributed by atoms with van der Waals surface area (Å²) in [4.78, 5) is 11.0. The zero-order valence-electron chi connectivity index (χ0n) is 10.2. The fourth-order valence-corrected chi connectivity index (χ4v) is 1.42. The van der Waals surface area contributed by atoms with Gasteiger partial charge in [0.1, 0.15) is 12.2 Å². The van der Waals surface area contributed by atoms with E-state index in [9.17, 15) is 23.1 Å². The van der Waals surface area contributed by atoms with Crippen molar-refractivity contribution in [1.29, 1.82) is 0 Å². The molecule has 0 saturated carbocycles. The van der Waals surface area contributed by atoms with Crippen LogP contribution in [-0.4, -0.2) is 30.8 Å². The standard InChI is InChI=1S/C12H14F3NO3/c1-19-9-4-2-3-8(5-9)10(17)7-16-11(18)6-12(13,14)15/h2-5,10,17H,6-7H2,1H3,(H,16,18). The molecule has 1 aromatic carbocycles. The molecule has 0 radical (unpaired) electrons. The highest BCUT2D eigenvalue weighted by Crippen LogP contribution is 2.20.